The van der Waals surface area contributed by atoms with E-state index in [0.29, 0.717) is 28.4 Å². The van der Waals surface area contributed by atoms with Gasteiger partial charge in [0, 0.05) is 18.3 Å². The van der Waals surface area contributed by atoms with Gasteiger partial charge in [-0.15, -0.1) is 0 Å². The normalized spacial score (nSPS) is 10.9. The van der Waals surface area contributed by atoms with Crippen molar-refractivity contribution in [2.24, 2.45) is 7.05 Å². The number of nitrogens with zero attached hydrogens (tertiary/aromatic N) is 8. The van der Waals surface area contributed by atoms with Crippen LogP contribution in [0.15, 0.2) is 67.4 Å². The largest absolute Gasteiger partial charge is 0.490 e. The van der Waals surface area contributed by atoms with Gasteiger partial charge in [-0.3, -0.25) is 4.68 Å². The van der Waals surface area contributed by atoms with Crippen LogP contribution in [0.4, 0.5) is 36.3 Å². The van der Waals surface area contributed by atoms with Crippen LogP contribution < -0.4 is 10.6 Å². The Morgan fingerprint density at radius 2 is 1.68 bits per heavy atom. The van der Waals surface area contributed by atoms with E-state index in [1.807, 2.05) is 62.5 Å². The number of carboxylic acids is 1. The van der Waals surface area contributed by atoms with Gasteiger partial charge in [0.1, 0.15) is 23.5 Å². The monoisotopic (exact) mass is 572 g/mol. The molecule has 2 aromatic carbocycles. The molecule has 0 fully saturated rings. The van der Waals surface area contributed by atoms with E-state index >= 15 is 0 Å². The summed E-state index contributed by atoms with van der Waals surface area (Å²) in [5.74, 6) is -0.571. The van der Waals surface area contributed by atoms with E-state index in [9.17, 15) is 13.2 Å². The topological polar surface area (TPSA) is 149 Å². The third-order valence-electron chi connectivity index (χ3n) is 5.00. The van der Waals surface area contributed by atoms with Crippen molar-refractivity contribution in [3.05, 3.63) is 78.2 Å². The van der Waals surface area contributed by atoms with Crippen molar-refractivity contribution in [3.63, 3.8) is 0 Å². The van der Waals surface area contributed by atoms with Crippen molar-refractivity contribution in [2.75, 3.05) is 10.6 Å². The third-order valence-corrected chi connectivity index (χ3v) is 5.28. The lowest BCUT2D eigenvalue weighted by atomic mass is 10.1. The quantitative estimate of drug-likeness (QED) is 0.255. The van der Waals surface area contributed by atoms with E-state index in [4.69, 9.17) is 21.5 Å². The van der Waals surface area contributed by atoms with Crippen molar-refractivity contribution in [3.8, 4) is 17.1 Å². The first kappa shape index (κ1) is 28.0. The molecule has 0 unspecified atom stereocenters. The molecule has 3 N–H and O–H groups in total. The number of alkyl halides is 3. The summed E-state index contributed by atoms with van der Waals surface area (Å²) in [5.41, 5.74) is 3.34. The number of carbonyl (C=O) groups is 1. The van der Waals surface area contributed by atoms with E-state index in [1.165, 1.54) is 0 Å². The van der Waals surface area contributed by atoms with Crippen molar-refractivity contribution in [1.29, 1.82) is 0 Å². The first-order chi connectivity index (χ1) is 19.0. The molecule has 0 atom stereocenters. The van der Waals surface area contributed by atoms with Crippen LogP contribution in [0.5, 0.6) is 0 Å². The van der Waals surface area contributed by atoms with Crippen LogP contribution in [0.25, 0.3) is 17.1 Å². The van der Waals surface area contributed by atoms with Gasteiger partial charge in [0.05, 0.1) is 17.6 Å². The number of hydrogen-bond donors (Lipinski definition) is 3. The lowest BCUT2D eigenvalue weighted by Crippen LogP contribution is -2.21. The van der Waals surface area contributed by atoms with Crippen molar-refractivity contribution < 1.29 is 23.1 Å². The molecule has 0 aliphatic carbocycles. The van der Waals surface area contributed by atoms with Gasteiger partial charge in [0.15, 0.2) is 11.6 Å². The lowest BCUT2D eigenvalue weighted by molar-refractivity contribution is -0.192. The molecule has 0 bridgehead atoms. The number of nitrogens with one attached hydrogen (secondary N) is 2. The van der Waals surface area contributed by atoms with Crippen LogP contribution in [-0.2, 0) is 11.8 Å². The summed E-state index contributed by atoms with van der Waals surface area (Å²) in [6.07, 6.45) is -0.204. The standard InChI is InChI=1S/C22H19ClN10.C2HF3O2/c1-14-25-13-33(30-14)16-9-7-15(8-10-16)27-22-24-11-18(23)21(29-22)28-19-6-4-3-5-17(19)20-26-12-32(2)31-20;3-2(4,5)1(6)7/h3-13H,1-2H3,(H2,24,27,28,29);(H,6,7). The number of aliphatic carboxylic acids is 1. The summed E-state index contributed by atoms with van der Waals surface area (Å²) in [6, 6.07) is 15.4. The molecule has 3 aromatic heterocycles. The molecule has 0 amide bonds. The Labute approximate surface area is 229 Å². The van der Waals surface area contributed by atoms with E-state index in [2.05, 4.69) is 40.8 Å². The second-order valence-corrected chi connectivity index (χ2v) is 8.42. The van der Waals surface area contributed by atoms with Crippen LogP contribution in [0.2, 0.25) is 5.02 Å². The Bertz CT molecular complexity index is 1620. The minimum atomic E-state index is -5.08. The smallest absolute Gasteiger partial charge is 0.475 e. The molecule has 5 rings (SSSR count). The Kier molecular flexibility index (Phi) is 8.23. The van der Waals surface area contributed by atoms with Crippen LogP contribution >= 0.6 is 11.6 Å². The maximum absolute atomic E-state index is 10.6. The van der Waals surface area contributed by atoms with Gasteiger partial charge < -0.3 is 15.7 Å². The molecule has 0 saturated carbocycles. The zero-order valence-corrected chi connectivity index (χ0v) is 21.6. The van der Waals surface area contributed by atoms with Crippen molar-refractivity contribution in [1.82, 2.24) is 39.5 Å². The Morgan fingerprint density at radius 1 is 0.975 bits per heavy atom. The molecule has 5 aromatic rings. The van der Waals surface area contributed by atoms with Crippen molar-refractivity contribution >= 4 is 40.7 Å². The highest BCUT2D eigenvalue weighted by Gasteiger charge is 2.38. The van der Waals surface area contributed by atoms with Crippen LogP contribution in [0.3, 0.4) is 0 Å². The van der Waals surface area contributed by atoms with Gasteiger partial charge in [-0.05, 0) is 43.3 Å². The Morgan fingerprint density at radius 3 is 2.27 bits per heavy atom. The molecule has 40 heavy (non-hydrogen) atoms. The second kappa shape index (κ2) is 11.8. The summed E-state index contributed by atoms with van der Waals surface area (Å²) in [6.45, 7) is 1.85. The van der Waals surface area contributed by atoms with Crippen LogP contribution in [0.1, 0.15) is 5.82 Å². The van der Waals surface area contributed by atoms with Gasteiger partial charge in [-0.25, -0.2) is 24.4 Å². The van der Waals surface area contributed by atoms with Crippen LogP contribution in [-0.4, -0.2) is 56.7 Å². The third kappa shape index (κ3) is 7.08. The zero-order valence-electron chi connectivity index (χ0n) is 20.8. The summed E-state index contributed by atoms with van der Waals surface area (Å²) < 4.78 is 35.1. The number of halogens is 4. The Hall–Kier alpha value is -5.05. The molecule has 0 aliphatic heterocycles. The van der Waals surface area contributed by atoms with E-state index in [-0.39, 0.29) is 0 Å². The fourth-order valence-corrected chi connectivity index (χ4v) is 3.33. The molecule has 0 radical (unpaired) electrons. The van der Waals surface area contributed by atoms with E-state index < -0.39 is 12.1 Å². The zero-order chi connectivity index (χ0) is 28.9. The first-order valence-electron chi connectivity index (χ1n) is 11.3. The summed E-state index contributed by atoms with van der Waals surface area (Å²) >= 11 is 6.38. The molecular weight excluding hydrogens is 553 g/mol. The van der Waals surface area contributed by atoms with Gasteiger partial charge in [-0.1, -0.05) is 23.7 Å². The molecule has 3 heterocycles. The molecule has 206 valence electrons. The number of aryl methyl sites for hydroxylation is 2. The maximum atomic E-state index is 10.6. The number of para-hydroxylation sites is 1. The van der Waals surface area contributed by atoms with E-state index in [0.717, 1.165) is 22.6 Å². The fraction of sp³-hybridized carbons (Fsp3) is 0.125. The number of rotatable bonds is 6. The molecule has 0 spiro atoms. The highest BCUT2D eigenvalue weighted by molar-refractivity contribution is 6.33. The van der Waals surface area contributed by atoms with Gasteiger partial charge in [0.2, 0.25) is 5.95 Å². The lowest BCUT2D eigenvalue weighted by Gasteiger charge is -2.12. The molecule has 0 aliphatic rings. The highest BCUT2D eigenvalue weighted by atomic mass is 35.5. The second-order valence-electron chi connectivity index (χ2n) is 8.01. The summed E-state index contributed by atoms with van der Waals surface area (Å²) in [5, 5.41) is 22.7. The molecule has 16 heteroatoms. The van der Waals surface area contributed by atoms with Crippen LogP contribution in [0, 0.1) is 6.92 Å². The fourth-order valence-electron chi connectivity index (χ4n) is 3.19. The number of hydrogen-bond acceptors (Lipinski definition) is 9. The molecule has 0 saturated heterocycles. The average Bonchev–Trinajstić information content (AvgIpc) is 3.55. The van der Waals surface area contributed by atoms with Gasteiger partial charge in [0.25, 0.3) is 0 Å². The minimum Gasteiger partial charge on any atom is -0.475 e. The number of anilines is 4. The van der Waals surface area contributed by atoms with Gasteiger partial charge >= 0.3 is 12.1 Å². The molecule has 12 nitrogen and oxygen atoms in total. The number of carboxylic acid groups (broad SMARTS) is 1. The maximum Gasteiger partial charge on any atom is 0.490 e. The predicted molar refractivity (Wildman–Crippen MR) is 140 cm³/mol. The minimum absolute atomic E-state index is 0.390. The average molecular weight is 573 g/mol. The predicted octanol–water partition coefficient (Wildman–Crippen LogP) is 4.94. The molecular formula is C24H20ClF3N10O2. The van der Waals surface area contributed by atoms with Gasteiger partial charge in [-0.2, -0.15) is 28.4 Å². The van der Waals surface area contributed by atoms with E-state index in [1.54, 1.807) is 28.2 Å². The summed E-state index contributed by atoms with van der Waals surface area (Å²) in [7, 11) is 1.82. The first-order valence-corrected chi connectivity index (χ1v) is 11.7. The number of aromatic nitrogens is 8. The summed E-state index contributed by atoms with van der Waals surface area (Å²) in [4.78, 5) is 26.2. The van der Waals surface area contributed by atoms with Crippen molar-refractivity contribution in [2.45, 2.75) is 13.1 Å². The number of benzene rings is 2. The Balaban J connectivity index is 0.000000470. The highest BCUT2D eigenvalue weighted by Crippen LogP contribution is 2.30. The SMILES string of the molecule is Cc1ncn(-c2ccc(Nc3ncc(Cl)c(Nc4ccccc4-c4ncn(C)n4)n3)cc2)n1.O=C(O)C(F)(F)F.